The van der Waals surface area contributed by atoms with Crippen molar-refractivity contribution < 1.29 is 0 Å². The molecule has 114 valence electrons. The second-order valence-electron chi connectivity index (χ2n) is 5.69. The standard InChI is InChI=1S/C16H23ClN4/c1-21(13-6-3-2-4-7-13)11-5-10-19-16-9-8-14(17)15(12-18)20-16/h8-9,13H,2-7,10-11H2,1H3,(H,19,20). The Labute approximate surface area is 132 Å². The van der Waals surface area contributed by atoms with Crippen molar-refractivity contribution in [1.29, 1.82) is 5.26 Å². The van der Waals surface area contributed by atoms with E-state index in [9.17, 15) is 0 Å². The van der Waals surface area contributed by atoms with Crippen molar-refractivity contribution in [3.05, 3.63) is 22.8 Å². The summed E-state index contributed by atoms with van der Waals surface area (Å²) >= 11 is 5.87. The molecule has 0 atom stereocenters. The number of nitrogens with zero attached hydrogens (tertiary/aromatic N) is 3. The molecule has 4 nitrogen and oxygen atoms in total. The Kier molecular flexibility index (Phi) is 6.28. The highest BCUT2D eigenvalue weighted by molar-refractivity contribution is 6.31. The predicted octanol–water partition coefficient (Wildman–Crippen LogP) is 3.67. The molecular formula is C16H23ClN4. The van der Waals surface area contributed by atoms with Crippen molar-refractivity contribution in [1.82, 2.24) is 9.88 Å². The molecule has 1 N–H and O–H groups in total. The van der Waals surface area contributed by atoms with Crippen LogP contribution in [0.25, 0.3) is 0 Å². The number of halogens is 1. The van der Waals surface area contributed by atoms with Crippen LogP contribution in [0.4, 0.5) is 5.82 Å². The molecule has 1 aromatic rings. The van der Waals surface area contributed by atoms with Gasteiger partial charge in [0.05, 0.1) is 5.02 Å². The Hall–Kier alpha value is -1.31. The van der Waals surface area contributed by atoms with Crippen molar-refractivity contribution in [2.75, 3.05) is 25.5 Å². The number of aromatic nitrogens is 1. The lowest BCUT2D eigenvalue weighted by Gasteiger charge is -2.31. The summed E-state index contributed by atoms with van der Waals surface area (Å²) in [5.41, 5.74) is 0.279. The van der Waals surface area contributed by atoms with Gasteiger partial charge in [0.15, 0.2) is 5.69 Å². The lowest BCUT2D eigenvalue weighted by Crippen LogP contribution is -2.34. The average molecular weight is 307 g/mol. The Morgan fingerprint density at radius 3 is 2.86 bits per heavy atom. The molecule has 1 aliphatic carbocycles. The van der Waals surface area contributed by atoms with E-state index >= 15 is 0 Å². The maximum absolute atomic E-state index is 8.90. The first-order chi connectivity index (χ1) is 10.2. The predicted molar refractivity (Wildman–Crippen MR) is 86.6 cm³/mol. The van der Waals surface area contributed by atoms with Crippen LogP contribution in [0.15, 0.2) is 12.1 Å². The van der Waals surface area contributed by atoms with Crippen LogP contribution in [-0.2, 0) is 0 Å². The SMILES string of the molecule is CN(CCCNc1ccc(Cl)c(C#N)n1)C1CCCCC1. The average Bonchev–Trinajstić information content (AvgIpc) is 2.53. The summed E-state index contributed by atoms with van der Waals surface area (Å²) in [6.45, 7) is 1.95. The van der Waals surface area contributed by atoms with Crippen molar-refractivity contribution in [2.45, 2.75) is 44.6 Å². The maximum atomic E-state index is 8.90. The molecular weight excluding hydrogens is 284 g/mol. The number of rotatable bonds is 6. The number of pyridine rings is 1. The monoisotopic (exact) mass is 306 g/mol. The Morgan fingerprint density at radius 2 is 2.14 bits per heavy atom. The minimum absolute atomic E-state index is 0.279. The molecule has 0 saturated heterocycles. The Morgan fingerprint density at radius 1 is 1.38 bits per heavy atom. The quantitative estimate of drug-likeness (QED) is 0.815. The van der Waals surface area contributed by atoms with Gasteiger partial charge < -0.3 is 10.2 Å². The first-order valence-electron chi connectivity index (χ1n) is 7.71. The molecule has 0 bridgehead atoms. The molecule has 1 aromatic heterocycles. The Bertz CT molecular complexity index is 492. The molecule has 0 amide bonds. The van der Waals surface area contributed by atoms with Gasteiger partial charge in [-0.3, -0.25) is 0 Å². The Balaban J connectivity index is 1.71. The molecule has 5 heteroatoms. The third-order valence-corrected chi connectivity index (χ3v) is 4.45. The zero-order valence-corrected chi connectivity index (χ0v) is 13.4. The van der Waals surface area contributed by atoms with E-state index in [0.29, 0.717) is 5.02 Å². The van der Waals surface area contributed by atoms with E-state index in [1.165, 1.54) is 32.1 Å². The highest BCUT2D eigenvalue weighted by Gasteiger charge is 2.17. The van der Waals surface area contributed by atoms with Crippen LogP contribution < -0.4 is 5.32 Å². The number of hydrogen-bond acceptors (Lipinski definition) is 4. The molecule has 0 aliphatic heterocycles. The highest BCUT2D eigenvalue weighted by Crippen LogP contribution is 2.21. The van der Waals surface area contributed by atoms with E-state index in [0.717, 1.165) is 31.4 Å². The summed E-state index contributed by atoms with van der Waals surface area (Å²) in [5.74, 6) is 0.719. The maximum Gasteiger partial charge on any atom is 0.161 e. The van der Waals surface area contributed by atoms with E-state index in [2.05, 4.69) is 22.2 Å². The number of nitrogens with one attached hydrogen (secondary N) is 1. The van der Waals surface area contributed by atoms with Crippen LogP contribution in [-0.4, -0.2) is 36.1 Å². The van der Waals surface area contributed by atoms with E-state index in [-0.39, 0.29) is 5.69 Å². The normalized spacial score (nSPS) is 15.9. The molecule has 1 saturated carbocycles. The molecule has 0 aromatic carbocycles. The summed E-state index contributed by atoms with van der Waals surface area (Å²) < 4.78 is 0. The van der Waals surface area contributed by atoms with Crippen molar-refractivity contribution in [3.8, 4) is 6.07 Å². The molecule has 0 radical (unpaired) electrons. The van der Waals surface area contributed by atoms with Gasteiger partial charge in [0.1, 0.15) is 11.9 Å². The fraction of sp³-hybridized carbons (Fsp3) is 0.625. The molecule has 0 spiro atoms. The summed E-state index contributed by atoms with van der Waals surface area (Å²) in [7, 11) is 2.23. The van der Waals surface area contributed by atoms with Crippen LogP contribution in [0.2, 0.25) is 5.02 Å². The summed E-state index contributed by atoms with van der Waals surface area (Å²) in [5, 5.41) is 12.6. The molecule has 2 rings (SSSR count). The van der Waals surface area contributed by atoms with Crippen molar-refractivity contribution in [2.24, 2.45) is 0 Å². The molecule has 1 fully saturated rings. The van der Waals surface area contributed by atoms with E-state index in [1.807, 2.05) is 12.1 Å². The first kappa shape index (κ1) is 16.1. The van der Waals surface area contributed by atoms with Crippen LogP contribution in [0.5, 0.6) is 0 Å². The topological polar surface area (TPSA) is 52.0 Å². The van der Waals surface area contributed by atoms with Gasteiger partial charge in [-0.2, -0.15) is 5.26 Å². The van der Waals surface area contributed by atoms with Crippen LogP contribution in [0.1, 0.15) is 44.2 Å². The van der Waals surface area contributed by atoms with Gasteiger partial charge in [-0.1, -0.05) is 30.9 Å². The zero-order chi connectivity index (χ0) is 15.1. The van der Waals surface area contributed by atoms with Crippen molar-refractivity contribution >= 4 is 17.4 Å². The largest absolute Gasteiger partial charge is 0.370 e. The third kappa shape index (κ3) is 4.87. The van der Waals surface area contributed by atoms with Crippen molar-refractivity contribution in [3.63, 3.8) is 0 Å². The number of anilines is 1. The van der Waals surface area contributed by atoms with Crippen LogP contribution in [0, 0.1) is 11.3 Å². The number of nitriles is 1. The van der Waals surface area contributed by atoms with E-state index < -0.39 is 0 Å². The summed E-state index contributed by atoms with van der Waals surface area (Å²) in [6, 6.07) is 6.28. The van der Waals surface area contributed by atoms with Crippen LogP contribution >= 0.6 is 11.6 Å². The highest BCUT2D eigenvalue weighted by atomic mass is 35.5. The first-order valence-corrected chi connectivity index (χ1v) is 8.09. The smallest absolute Gasteiger partial charge is 0.161 e. The van der Waals surface area contributed by atoms with Gasteiger partial charge in [-0.05, 0) is 45.0 Å². The van der Waals surface area contributed by atoms with Gasteiger partial charge in [0.2, 0.25) is 0 Å². The van der Waals surface area contributed by atoms with Gasteiger partial charge in [-0.15, -0.1) is 0 Å². The fourth-order valence-corrected chi connectivity index (χ4v) is 3.02. The fourth-order valence-electron chi connectivity index (χ4n) is 2.87. The second kappa shape index (κ2) is 8.21. The summed E-state index contributed by atoms with van der Waals surface area (Å²) in [6.07, 6.45) is 7.90. The second-order valence-corrected chi connectivity index (χ2v) is 6.10. The van der Waals surface area contributed by atoms with E-state index in [4.69, 9.17) is 16.9 Å². The molecule has 21 heavy (non-hydrogen) atoms. The van der Waals surface area contributed by atoms with Gasteiger partial charge in [-0.25, -0.2) is 4.98 Å². The molecule has 1 heterocycles. The molecule has 1 aliphatic rings. The van der Waals surface area contributed by atoms with E-state index in [1.54, 1.807) is 6.07 Å². The lowest BCUT2D eigenvalue weighted by molar-refractivity contribution is 0.191. The third-order valence-electron chi connectivity index (χ3n) is 4.14. The van der Waals surface area contributed by atoms with Gasteiger partial charge >= 0.3 is 0 Å². The van der Waals surface area contributed by atoms with Gasteiger partial charge in [0, 0.05) is 12.6 Å². The minimum Gasteiger partial charge on any atom is -0.370 e. The van der Waals surface area contributed by atoms with Gasteiger partial charge in [0.25, 0.3) is 0 Å². The number of hydrogen-bond donors (Lipinski definition) is 1. The lowest BCUT2D eigenvalue weighted by atomic mass is 9.94. The zero-order valence-electron chi connectivity index (χ0n) is 12.6. The summed E-state index contributed by atoms with van der Waals surface area (Å²) in [4.78, 5) is 6.66. The van der Waals surface area contributed by atoms with Crippen LogP contribution in [0.3, 0.4) is 0 Å². The molecule has 0 unspecified atom stereocenters. The minimum atomic E-state index is 0.279.